The summed E-state index contributed by atoms with van der Waals surface area (Å²) in [5, 5.41) is 0. The Morgan fingerprint density at radius 1 is 1.38 bits per heavy atom. The summed E-state index contributed by atoms with van der Waals surface area (Å²) in [5.41, 5.74) is 0.762. The first-order valence-electron chi connectivity index (χ1n) is 2.33. The van der Waals surface area contributed by atoms with E-state index in [1.54, 1.807) is 0 Å². The van der Waals surface area contributed by atoms with Crippen molar-refractivity contribution in [3.8, 4) is 0 Å². The quantitative estimate of drug-likeness (QED) is 0.379. The van der Waals surface area contributed by atoms with Gasteiger partial charge < -0.3 is 0 Å². The molecule has 0 aliphatic carbocycles. The van der Waals surface area contributed by atoms with Crippen molar-refractivity contribution < 1.29 is 0 Å². The molecule has 2 heteroatoms. The molecule has 38 valence electrons. The third kappa shape index (κ3) is 1.30. The van der Waals surface area contributed by atoms with Crippen molar-refractivity contribution in [1.82, 2.24) is 0 Å². The monoisotopic (exact) mass is 120 g/mol. The summed E-state index contributed by atoms with van der Waals surface area (Å²) in [6.45, 7) is 0. The fourth-order valence-corrected chi connectivity index (χ4v) is 0.760. The van der Waals surface area contributed by atoms with Gasteiger partial charge in [-0.15, -0.1) is 12.6 Å². The lowest BCUT2D eigenvalue weighted by Gasteiger charge is -1.90. The van der Waals surface area contributed by atoms with Crippen LogP contribution in [-0.4, -0.2) is 7.85 Å². The van der Waals surface area contributed by atoms with Gasteiger partial charge in [-0.1, -0.05) is 23.7 Å². The van der Waals surface area contributed by atoms with Crippen LogP contribution in [0.2, 0.25) is 0 Å². The Bertz CT molecular complexity index is 168. The predicted octanol–water partition coefficient (Wildman–Crippen LogP) is 0.769. The Hall–Kier alpha value is -0.365. The molecule has 1 rings (SSSR count). The minimum atomic E-state index is 0.762. The van der Waals surface area contributed by atoms with Gasteiger partial charge in [0, 0.05) is 4.90 Å². The highest BCUT2D eigenvalue weighted by Crippen LogP contribution is 1.99. The van der Waals surface area contributed by atoms with Gasteiger partial charge in [0.2, 0.25) is 0 Å². The van der Waals surface area contributed by atoms with Crippen molar-refractivity contribution in [1.29, 1.82) is 0 Å². The maximum absolute atomic E-state index is 5.41. The molecule has 0 N–H and O–H groups in total. The van der Waals surface area contributed by atoms with Crippen molar-refractivity contribution in [3.63, 3.8) is 0 Å². The fraction of sp³-hybridized carbons (Fsp3) is 0. The second-order valence-corrected chi connectivity index (χ2v) is 2.11. The molecule has 0 heterocycles. The van der Waals surface area contributed by atoms with E-state index >= 15 is 0 Å². The molecular formula is C6H5BS. The van der Waals surface area contributed by atoms with Gasteiger partial charge in [0.05, 0.1) is 0 Å². The molecular weight excluding hydrogens is 115 g/mol. The maximum atomic E-state index is 5.41. The zero-order chi connectivity index (χ0) is 5.98. The van der Waals surface area contributed by atoms with Crippen LogP contribution in [0.1, 0.15) is 0 Å². The highest BCUT2D eigenvalue weighted by Gasteiger charge is 1.81. The lowest BCUT2D eigenvalue weighted by molar-refractivity contribution is 1.51. The van der Waals surface area contributed by atoms with Crippen molar-refractivity contribution in [2.45, 2.75) is 4.90 Å². The summed E-state index contributed by atoms with van der Waals surface area (Å²) in [6.07, 6.45) is 0. The third-order valence-corrected chi connectivity index (χ3v) is 1.15. The Kier molecular flexibility index (Phi) is 1.64. The van der Waals surface area contributed by atoms with Gasteiger partial charge in [0.15, 0.2) is 0 Å². The van der Waals surface area contributed by atoms with Crippen LogP contribution in [0.5, 0.6) is 0 Å². The average Bonchev–Trinajstić information content (AvgIpc) is 1.64. The van der Waals surface area contributed by atoms with E-state index in [2.05, 4.69) is 12.6 Å². The SMILES string of the molecule is [B]c1cccc(S)c1. The summed E-state index contributed by atoms with van der Waals surface area (Å²) in [7, 11) is 5.41. The zero-order valence-electron chi connectivity index (χ0n) is 4.33. The molecule has 0 saturated carbocycles. The molecule has 0 atom stereocenters. The van der Waals surface area contributed by atoms with E-state index in [0.717, 1.165) is 10.4 Å². The molecule has 0 saturated heterocycles. The van der Waals surface area contributed by atoms with E-state index < -0.39 is 0 Å². The molecule has 0 spiro atoms. The Labute approximate surface area is 55.7 Å². The van der Waals surface area contributed by atoms with Gasteiger partial charge in [0.1, 0.15) is 7.85 Å². The van der Waals surface area contributed by atoms with Gasteiger partial charge in [0.25, 0.3) is 0 Å². The lowest BCUT2D eigenvalue weighted by atomic mass is 9.97. The van der Waals surface area contributed by atoms with Gasteiger partial charge in [-0.3, -0.25) is 0 Å². The van der Waals surface area contributed by atoms with E-state index in [9.17, 15) is 0 Å². The molecule has 1 aromatic carbocycles. The normalized spacial score (nSPS) is 9.12. The highest BCUT2D eigenvalue weighted by molar-refractivity contribution is 7.80. The van der Waals surface area contributed by atoms with E-state index in [4.69, 9.17) is 7.85 Å². The second kappa shape index (κ2) is 2.27. The molecule has 0 nitrogen and oxygen atoms in total. The summed E-state index contributed by atoms with van der Waals surface area (Å²) >= 11 is 4.07. The van der Waals surface area contributed by atoms with Crippen LogP contribution < -0.4 is 5.46 Å². The fourth-order valence-electron chi connectivity index (χ4n) is 0.525. The largest absolute Gasteiger partial charge is 0.143 e. The molecule has 0 unspecified atom stereocenters. The van der Waals surface area contributed by atoms with Crippen LogP contribution in [0.15, 0.2) is 29.2 Å². The summed E-state index contributed by atoms with van der Waals surface area (Å²) in [4.78, 5) is 0.907. The first-order chi connectivity index (χ1) is 3.79. The van der Waals surface area contributed by atoms with Crippen LogP contribution >= 0.6 is 12.6 Å². The van der Waals surface area contributed by atoms with Gasteiger partial charge in [-0.05, 0) is 6.07 Å². The van der Waals surface area contributed by atoms with Crippen molar-refractivity contribution in [2.24, 2.45) is 0 Å². The van der Waals surface area contributed by atoms with Gasteiger partial charge in [-0.2, -0.15) is 0 Å². The molecule has 2 radical (unpaired) electrons. The van der Waals surface area contributed by atoms with Crippen molar-refractivity contribution in [3.05, 3.63) is 24.3 Å². The predicted molar refractivity (Wildman–Crippen MR) is 39.1 cm³/mol. The number of thiol groups is 1. The maximum Gasteiger partial charge on any atom is 0.113 e. The molecule has 0 aromatic heterocycles. The van der Waals surface area contributed by atoms with Crippen LogP contribution in [0.25, 0.3) is 0 Å². The van der Waals surface area contributed by atoms with Gasteiger partial charge >= 0.3 is 0 Å². The minimum Gasteiger partial charge on any atom is -0.143 e. The summed E-state index contributed by atoms with van der Waals surface area (Å²) < 4.78 is 0. The molecule has 8 heavy (non-hydrogen) atoms. The van der Waals surface area contributed by atoms with E-state index in [-0.39, 0.29) is 0 Å². The average molecular weight is 120 g/mol. The lowest BCUT2D eigenvalue weighted by Crippen LogP contribution is -1.98. The summed E-state index contributed by atoms with van der Waals surface area (Å²) in [5.74, 6) is 0. The Morgan fingerprint density at radius 3 is 2.50 bits per heavy atom. The number of benzene rings is 1. The first kappa shape index (κ1) is 5.77. The highest BCUT2D eigenvalue weighted by atomic mass is 32.1. The molecule has 0 aliphatic heterocycles. The summed E-state index contributed by atoms with van der Waals surface area (Å²) in [6, 6.07) is 7.40. The van der Waals surface area contributed by atoms with Crippen molar-refractivity contribution >= 4 is 25.9 Å². The zero-order valence-corrected chi connectivity index (χ0v) is 5.23. The Morgan fingerprint density at radius 2 is 2.12 bits per heavy atom. The molecule has 1 aromatic rings. The Balaban J connectivity index is 3.08. The van der Waals surface area contributed by atoms with Crippen LogP contribution in [0, 0.1) is 0 Å². The smallest absolute Gasteiger partial charge is 0.113 e. The van der Waals surface area contributed by atoms with Gasteiger partial charge in [-0.25, -0.2) is 0 Å². The van der Waals surface area contributed by atoms with E-state index in [1.165, 1.54) is 0 Å². The van der Waals surface area contributed by atoms with Crippen LogP contribution in [0.4, 0.5) is 0 Å². The molecule has 0 aliphatic rings. The number of hydrogen-bond donors (Lipinski definition) is 1. The molecule has 0 amide bonds. The standard InChI is InChI=1S/C6H5BS/c7-5-2-1-3-6(8)4-5/h1-4,8H. The van der Waals surface area contributed by atoms with Crippen molar-refractivity contribution in [2.75, 3.05) is 0 Å². The topological polar surface area (TPSA) is 0 Å². The van der Waals surface area contributed by atoms with Crippen LogP contribution in [0.3, 0.4) is 0 Å². The molecule has 0 fully saturated rings. The van der Waals surface area contributed by atoms with E-state index in [0.29, 0.717) is 0 Å². The minimum absolute atomic E-state index is 0.762. The first-order valence-corrected chi connectivity index (χ1v) is 2.78. The van der Waals surface area contributed by atoms with Crippen LogP contribution in [-0.2, 0) is 0 Å². The third-order valence-electron chi connectivity index (χ3n) is 0.870. The molecule has 0 bridgehead atoms. The second-order valence-electron chi connectivity index (χ2n) is 1.59. The van der Waals surface area contributed by atoms with E-state index in [1.807, 2.05) is 24.3 Å². The number of hydrogen-bond acceptors (Lipinski definition) is 1. The number of rotatable bonds is 0.